The van der Waals surface area contributed by atoms with Crippen LogP contribution >= 0.6 is 0 Å². The quantitative estimate of drug-likeness (QED) is 0.831. The largest absolute Gasteiger partial charge is 0.405 e. The maximum Gasteiger partial charge on any atom is 0.405 e. The topological polar surface area (TPSA) is 15.3 Å². The second-order valence-corrected chi connectivity index (χ2v) is 4.79. The lowest BCUT2D eigenvalue weighted by Crippen LogP contribution is -2.31. The molecule has 6 heteroatoms. The van der Waals surface area contributed by atoms with Gasteiger partial charge in [0.25, 0.3) is 0 Å². The van der Waals surface area contributed by atoms with E-state index in [0.29, 0.717) is 12.1 Å². The Hall–Kier alpha value is -1.30. The van der Waals surface area contributed by atoms with Gasteiger partial charge in [-0.25, -0.2) is 4.39 Å². The number of hydrogen-bond donors (Lipinski definition) is 1. The number of nitrogens with zero attached hydrogens (tertiary/aromatic N) is 1. The Bertz CT molecular complexity index is 416. The maximum atomic E-state index is 13.8. The third-order valence-corrected chi connectivity index (χ3v) is 2.55. The molecule has 1 rings (SSSR count). The monoisotopic (exact) mass is 278 g/mol. The van der Waals surface area contributed by atoms with Crippen molar-refractivity contribution in [2.45, 2.75) is 32.6 Å². The number of benzene rings is 1. The second-order valence-electron chi connectivity index (χ2n) is 4.79. The van der Waals surface area contributed by atoms with Crippen molar-refractivity contribution in [3.63, 3.8) is 0 Å². The van der Waals surface area contributed by atoms with Crippen LogP contribution in [0.5, 0.6) is 0 Å². The molecule has 0 saturated heterocycles. The molecule has 0 radical (unpaired) electrons. The number of hydrogen-bond acceptors (Lipinski definition) is 2. The zero-order valence-corrected chi connectivity index (χ0v) is 11.2. The molecular weight excluding hydrogens is 260 g/mol. The number of alkyl halides is 3. The van der Waals surface area contributed by atoms with Crippen LogP contribution in [0, 0.1) is 5.82 Å². The average Bonchev–Trinajstić information content (AvgIpc) is 2.23. The molecule has 0 spiro atoms. The van der Waals surface area contributed by atoms with Crippen molar-refractivity contribution >= 4 is 5.69 Å². The summed E-state index contributed by atoms with van der Waals surface area (Å²) < 4.78 is 50.5. The molecule has 0 fully saturated rings. The third kappa shape index (κ3) is 5.46. The van der Waals surface area contributed by atoms with E-state index in [2.05, 4.69) is 5.32 Å². The van der Waals surface area contributed by atoms with E-state index in [1.165, 1.54) is 19.2 Å². The molecule has 2 nitrogen and oxygen atoms in total. The summed E-state index contributed by atoms with van der Waals surface area (Å²) in [5, 5.41) is 3.12. The normalized spacial score (nSPS) is 12.0. The molecule has 0 amide bonds. The van der Waals surface area contributed by atoms with Crippen LogP contribution in [-0.4, -0.2) is 25.8 Å². The van der Waals surface area contributed by atoms with Gasteiger partial charge < -0.3 is 10.2 Å². The zero-order valence-electron chi connectivity index (χ0n) is 11.2. The van der Waals surface area contributed by atoms with Gasteiger partial charge in [-0.15, -0.1) is 0 Å². The highest BCUT2D eigenvalue weighted by Gasteiger charge is 2.30. The van der Waals surface area contributed by atoms with E-state index in [1.807, 2.05) is 13.8 Å². The first-order valence-electron chi connectivity index (χ1n) is 5.99. The number of anilines is 1. The van der Waals surface area contributed by atoms with Gasteiger partial charge in [0, 0.05) is 19.6 Å². The Morgan fingerprint density at radius 1 is 1.26 bits per heavy atom. The lowest BCUT2D eigenvalue weighted by atomic mass is 10.1. The lowest BCUT2D eigenvalue weighted by molar-refractivity contribution is -0.119. The predicted octanol–water partition coefficient (Wildman–Crippen LogP) is 3.32. The molecule has 1 aromatic carbocycles. The van der Waals surface area contributed by atoms with Crippen molar-refractivity contribution < 1.29 is 17.6 Å². The molecule has 0 saturated carbocycles. The molecule has 0 unspecified atom stereocenters. The lowest BCUT2D eigenvalue weighted by Gasteiger charge is -2.21. The van der Waals surface area contributed by atoms with Gasteiger partial charge in [-0.3, -0.25) is 0 Å². The number of halogens is 4. The Balaban J connectivity index is 2.76. The van der Waals surface area contributed by atoms with Gasteiger partial charge in [-0.2, -0.15) is 13.2 Å². The predicted molar refractivity (Wildman–Crippen MR) is 67.7 cm³/mol. The Morgan fingerprint density at radius 3 is 2.37 bits per heavy atom. The number of rotatable bonds is 5. The summed E-state index contributed by atoms with van der Waals surface area (Å²) in [4.78, 5) is 0.856. The van der Waals surface area contributed by atoms with Crippen molar-refractivity contribution in [3.05, 3.63) is 29.6 Å². The third-order valence-electron chi connectivity index (χ3n) is 2.55. The van der Waals surface area contributed by atoms with Gasteiger partial charge in [-0.1, -0.05) is 19.9 Å². The maximum absolute atomic E-state index is 13.8. The van der Waals surface area contributed by atoms with E-state index in [-0.39, 0.29) is 11.7 Å². The highest BCUT2D eigenvalue weighted by atomic mass is 19.4. The van der Waals surface area contributed by atoms with Gasteiger partial charge in [0.05, 0.1) is 5.69 Å². The molecule has 0 aliphatic heterocycles. The number of nitrogens with one attached hydrogen (secondary N) is 1. The molecule has 0 heterocycles. The van der Waals surface area contributed by atoms with E-state index in [1.54, 1.807) is 6.07 Å². The summed E-state index contributed by atoms with van der Waals surface area (Å²) in [6.45, 7) is 3.23. The van der Waals surface area contributed by atoms with Crippen molar-refractivity contribution in [2.75, 3.05) is 18.5 Å². The van der Waals surface area contributed by atoms with Crippen molar-refractivity contribution in [1.29, 1.82) is 0 Å². The first-order chi connectivity index (χ1) is 8.69. The summed E-state index contributed by atoms with van der Waals surface area (Å²) in [7, 11) is 1.22. The molecule has 0 aliphatic carbocycles. The standard InChI is InChI=1S/C13H18F4N2/c1-9(2)18-7-10-4-5-12(11(14)6-10)19(3)8-13(15,16)17/h4-6,9,18H,7-8H2,1-3H3. The second kappa shape index (κ2) is 6.23. The molecule has 1 N–H and O–H groups in total. The molecule has 0 atom stereocenters. The minimum Gasteiger partial charge on any atom is -0.363 e. The molecule has 0 aliphatic rings. The first-order valence-corrected chi connectivity index (χ1v) is 5.99. The van der Waals surface area contributed by atoms with Gasteiger partial charge in [-0.05, 0) is 17.7 Å². The zero-order chi connectivity index (χ0) is 14.6. The van der Waals surface area contributed by atoms with Gasteiger partial charge >= 0.3 is 6.18 Å². The summed E-state index contributed by atoms with van der Waals surface area (Å²) in [6, 6.07) is 4.52. The first kappa shape index (κ1) is 15.8. The summed E-state index contributed by atoms with van der Waals surface area (Å²) in [6.07, 6.45) is -4.35. The van der Waals surface area contributed by atoms with Crippen molar-refractivity contribution in [2.24, 2.45) is 0 Å². The molecule has 0 aromatic heterocycles. The Labute approximate surface area is 110 Å². The van der Waals surface area contributed by atoms with E-state index < -0.39 is 18.5 Å². The fourth-order valence-electron chi connectivity index (χ4n) is 1.65. The minimum absolute atomic E-state index is 0.0504. The van der Waals surface area contributed by atoms with Crippen LogP contribution in [-0.2, 0) is 6.54 Å². The van der Waals surface area contributed by atoms with Crippen LogP contribution in [0.2, 0.25) is 0 Å². The van der Waals surface area contributed by atoms with Crippen LogP contribution in [0.4, 0.5) is 23.2 Å². The van der Waals surface area contributed by atoms with Crippen molar-refractivity contribution in [1.82, 2.24) is 5.32 Å². The smallest absolute Gasteiger partial charge is 0.363 e. The molecular formula is C13H18F4N2. The summed E-state index contributed by atoms with van der Waals surface area (Å²) in [5.74, 6) is -0.644. The average molecular weight is 278 g/mol. The fraction of sp³-hybridized carbons (Fsp3) is 0.538. The van der Waals surface area contributed by atoms with Gasteiger partial charge in [0.15, 0.2) is 0 Å². The van der Waals surface area contributed by atoms with E-state index in [0.717, 1.165) is 4.90 Å². The molecule has 19 heavy (non-hydrogen) atoms. The van der Waals surface area contributed by atoms with Gasteiger partial charge in [0.2, 0.25) is 0 Å². The fourth-order valence-corrected chi connectivity index (χ4v) is 1.65. The Kier molecular flexibility index (Phi) is 5.17. The van der Waals surface area contributed by atoms with Crippen LogP contribution in [0.15, 0.2) is 18.2 Å². The highest BCUT2D eigenvalue weighted by Crippen LogP contribution is 2.24. The SMILES string of the molecule is CC(C)NCc1ccc(N(C)CC(F)(F)F)c(F)c1. The van der Waals surface area contributed by atoms with E-state index in [4.69, 9.17) is 0 Å². The van der Waals surface area contributed by atoms with Crippen LogP contribution in [0.25, 0.3) is 0 Å². The molecule has 0 bridgehead atoms. The van der Waals surface area contributed by atoms with E-state index >= 15 is 0 Å². The van der Waals surface area contributed by atoms with Crippen LogP contribution in [0.3, 0.4) is 0 Å². The van der Waals surface area contributed by atoms with Crippen molar-refractivity contribution in [3.8, 4) is 0 Å². The molecule has 1 aromatic rings. The Morgan fingerprint density at radius 2 is 1.89 bits per heavy atom. The van der Waals surface area contributed by atoms with Crippen LogP contribution in [0.1, 0.15) is 19.4 Å². The molecule has 108 valence electrons. The van der Waals surface area contributed by atoms with Crippen LogP contribution < -0.4 is 10.2 Å². The van der Waals surface area contributed by atoms with Gasteiger partial charge in [0.1, 0.15) is 12.4 Å². The van der Waals surface area contributed by atoms with E-state index in [9.17, 15) is 17.6 Å². The summed E-state index contributed by atoms with van der Waals surface area (Å²) in [5.41, 5.74) is 0.654. The summed E-state index contributed by atoms with van der Waals surface area (Å²) >= 11 is 0. The highest BCUT2D eigenvalue weighted by molar-refractivity contribution is 5.48. The minimum atomic E-state index is -4.35.